The minimum atomic E-state index is -4.46. The van der Waals surface area contributed by atoms with Crippen LogP contribution in [0.15, 0.2) is 0 Å². The molecule has 18 heavy (non-hydrogen) atoms. The van der Waals surface area contributed by atoms with Crippen molar-refractivity contribution in [3.05, 3.63) is 5.82 Å². The quantitative estimate of drug-likeness (QED) is 0.923. The molecule has 0 atom stereocenters. The fourth-order valence-corrected chi connectivity index (χ4v) is 2.63. The number of hydrogen-bond donors (Lipinski definition) is 1. The van der Waals surface area contributed by atoms with Crippen LogP contribution in [0, 0.1) is 0 Å². The highest BCUT2D eigenvalue weighted by Gasteiger charge is 2.36. The van der Waals surface area contributed by atoms with Crippen molar-refractivity contribution in [2.75, 3.05) is 25.0 Å². The maximum absolute atomic E-state index is 12.3. The van der Waals surface area contributed by atoms with E-state index in [1.807, 2.05) is 0 Å². The highest BCUT2D eigenvalue weighted by molar-refractivity contribution is 7.09. The Morgan fingerprint density at radius 3 is 2.56 bits per heavy atom. The van der Waals surface area contributed by atoms with Crippen molar-refractivity contribution < 1.29 is 13.2 Å². The lowest BCUT2D eigenvalue weighted by atomic mass is 10.1. The van der Waals surface area contributed by atoms with Gasteiger partial charge in [-0.2, -0.15) is 22.5 Å². The minimum absolute atomic E-state index is 0.196. The second kappa shape index (κ2) is 5.40. The SMILES string of the molecule is CCN1CCC(Nc2nc(C(F)(F)F)ns2)CC1. The Morgan fingerprint density at radius 2 is 2.06 bits per heavy atom. The summed E-state index contributed by atoms with van der Waals surface area (Å²) in [6, 6.07) is 0.196. The molecule has 0 amide bonds. The van der Waals surface area contributed by atoms with Gasteiger partial charge in [-0.15, -0.1) is 0 Å². The number of likely N-dealkylation sites (tertiary alicyclic amines) is 1. The van der Waals surface area contributed by atoms with E-state index in [1.54, 1.807) is 0 Å². The van der Waals surface area contributed by atoms with Crippen molar-refractivity contribution in [3.8, 4) is 0 Å². The molecular weight excluding hydrogens is 265 g/mol. The average molecular weight is 280 g/mol. The number of nitrogens with one attached hydrogen (secondary N) is 1. The van der Waals surface area contributed by atoms with Crippen molar-refractivity contribution in [1.29, 1.82) is 0 Å². The molecule has 0 saturated carbocycles. The summed E-state index contributed by atoms with van der Waals surface area (Å²) in [6.07, 6.45) is -2.61. The first kappa shape index (κ1) is 13.5. The van der Waals surface area contributed by atoms with Gasteiger partial charge in [0.25, 0.3) is 0 Å². The molecule has 1 aliphatic rings. The number of hydrogen-bond acceptors (Lipinski definition) is 5. The maximum atomic E-state index is 12.3. The Hall–Kier alpha value is -0.890. The van der Waals surface area contributed by atoms with Crippen LogP contribution in [0.5, 0.6) is 0 Å². The molecule has 8 heteroatoms. The summed E-state index contributed by atoms with van der Waals surface area (Å²) >= 11 is 0.771. The van der Waals surface area contributed by atoms with Crippen LogP contribution in [-0.2, 0) is 6.18 Å². The molecule has 0 bridgehead atoms. The molecule has 1 N–H and O–H groups in total. The number of nitrogens with zero attached hydrogens (tertiary/aromatic N) is 3. The highest BCUT2D eigenvalue weighted by Crippen LogP contribution is 2.29. The number of rotatable bonds is 3. The Labute approximate surface area is 107 Å². The van der Waals surface area contributed by atoms with Gasteiger partial charge in [0.05, 0.1) is 0 Å². The summed E-state index contributed by atoms with van der Waals surface area (Å²) < 4.78 is 40.3. The van der Waals surface area contributed by atoms with E-state index in [-0.39, 0.29) is 11.2 Å². The third kappa shape index (κ3) is 3.32. The van der Waals surface area contributed by atoms with Crippen LogP contribution in [-0.4, -0.2) is 39.9 Å². The van der Waals surface area contributed by atoms with Gasteiger partial charge in [0.15, 0.2) is 0 Å². The lowest BCUT2D eigenvalue weighted by Gasteiger charge is -2.31. The van der Waals surface area contributed by atoms with Gasteiger partial charge in [-0.05, 0) is 19.4 Å². The molecule has 1 fully saturated rings. The van der Waals surface area contributed by atoms with E-state index in [0.29, 0.717) is 0 Å². The van der Waals surface area contributed by atoms with E-state index in [1.165, 1.54) is 0 Å². The van der Waals surface area contributed by atoms with E-state index >= 15 is 0 Å². The van der Waals surface area contributed by atoms with E-state index in [4.69, 9.17) is 0 Å². The zero-order valence-corrected chi connectivity index (χ0v) is 10.8. The first-order valence-electron chi connectivity index (χ1n) is 5.89. The van der Waals surface area contributed by atoms with E-state index in [9.17, 15) is 13.2 Å². The number of anilines is 1. The van der Waals surface area contributed by atoms with E-state index < -0.39 is 12.0 Å². The molecule has 0 aliphatic carbocycles. The van der Waals surface area contributed by atoms with Crippen molar-refractivity contribution in [1.82, 2.24) is 14.3 Å². The molecular formula is C10H15F3N4S. The molecule has 1 aliphatic heterocycles. The minimum Gasteiger partial charge on any atom is -0.357 e. The topological polar surface area (TPSA) is 41.0 Å². The van der Waals surface area contributed by atoms with Crippen LogP contribution >= 0.6 is 11.5 Å². The lowest BCUT2D eigenvalue weighted by molar-refractivity contribution is -0.144. The first-order valence-corrected chi connectivity index (χ1v) is 6.66. The molecule has 0 radical (unpaired) electrons. The van der Waals surface area contributed by atoms with Gasteiger partial charge >= 0.3 is 6.18 Å². The number of halogens is 3. The van der Waals surface area contributed by atoms with E-state index in [2.05, 4.69) is 26.5 Å². The molecule has 102 valence electrons. The Bertz CT molecular complexity index is 385. The van der Waals surface area contributed by atoms with Gasteiger partial charge in [-0.3, -0.25) is 0 Å². The zero-order valence-electron chi connectivity index (χ0n) is 10.00. The molecule has 0 spiro atoms. The van der Waals surface area contributed by atoms with Crippen molar-refractivity contribution in [3.63, 3.8) is 0 Å². The van der Waals surface area contributed by atoms with Crippen LogP contribution in [0.1, 0.15) is 25.6 Å². The lowest BCUT2D eigenvalue weighted by Crippen LogP contribution is -2.38. The van der Waals surface area contributed by atoms with Crippen molar-refractivity contribution in [2.45, 2.75) is 32.0 Å². The number of aromatic nitrogens is 2. The van der Waals surface area contributed by atoms with Gasteiger partial charge < -0.3 is 10.2 Å². The molecule has 1 aromatic rings. The fraction of sp³-hybridized carbons (Fsp3) is 0.800. The van der Waals surface area contributed by atoms with Crippen LogP contribution in [0.3, 0.4) is 0 Å². The predicted molar refractivity (Wildman–Crippen MR) is 63.7 cm³/mol. The zero-order chi connectivity index (χ0) is 13.2. The third-order valence-corrected chi connectivity index (χ3v) is 3.69. The highest BCUT2D eigenvalue weighted by atomic mass is 32.1. The second-order valence-electron chi connectivity index (χ2n) is 4.27. The first-order chi connectivity index (χ1) is 8.49. The Balaban J connectivity index is 1.89. The van der Waals surface area contributed by atoms with Crippen molar-refractivity contribution in [2.24, 2.45) is 0 Å². The van der Waals surface area contributed by atoms with Crippen LogP contribution in [0.4, 0.5) is 18.3 Å². The maximum Gasteiger partial charge on any atom is 0.452 e. The largest absolute Gasteiger partial charge is 0.452 e. The summed E-state index contributed by atoms with van der Waals surface area (Å²) in [5.74, 6) is -1.05. The normalized spacial score (nSPS) is 19.1. The van der Waals surface area contributed by atoms with Gasteiger partial charge in [0.2, 0.25) is 11.0 Å². The molecule has 1 saturated heterocycles. The fourth-order valence-electron chi connectivity index (χ4n) is 1.97. The monoisotopic (exact) mass is 280 g/mol. The van der Waals surface area contributed by atoms with Gasteiger partial charge in [0, 0.05) is 30.7 Å². The Morgan fingerprint density at radius 1 is 1.39 bits per heavy atom. The standard InChI is InChI=1S/C10H15F3N4S/c1-2-17-5-3-7(4-6-17)14-9-15-8(16-18-9)10(11,12)13/h7H,2-6H2,1H3,(H,14,15,16). The molecule has 1 aromatic heterocycles. The summed E-state index contributed by atoms with van der Waals surface area (Å²) in [5.41, 5.74) is 0. The van der Waals surface area contributed by atoms with E-state index in [0.717, 1.165) is 44.0 Å². The molecule has 2 heterocycles. The number of piperidine rings is 1. The predicted octanol–water partition coefficient (Wildman–Crippen LogP) is 2.45. The van der Waals surface area contributed by atoms with Gasteiger partial charge in [0.1, 0.15) is 0 Å². The average Bonchev–Trinajstić information content (AvgIpc) is 2.78. The van der Waals surface area contributed by atoms with Crippen LogP contribution in [0.2, 0.25) is 0 Å². The van der Waals surface area contributed by atoms with Crippen LogP contribution in [0.25, 0.3) is 0 Å². The molecule has 2 rings (SSSR count). The summed E-state index contributed by atoms with van der Waals surface area (Å²) in [4.78, 5) is 5.79. The second-order valence-corrected chi connectivity index (χ2v) is 5.03. The molecule has 0 unspecified atom stereocenters. The third-order valence-electron chi connectivity index (χ3n) is 3.04. The molecule has 4 nitrogen and oxygen atoms in total. The Kier molecular flexibility index (Phi) is 4.06. The van der Waals surface area contributed by atoms with Gasteiger partial charge in [-0.1, -0.05) is 6.92 Å². The summed E-state index contributed by atoms with van der Waals surface area (Å²) in [7, 11) is 0. The van der Waals surface area contributed by atoms with Gasteiger partial charge in [-0.25, -0.2) is 0 Å². The summed E-state index contributed by atoms with van der Waals surface area (Å²) in [6.45, 7) is 5.07. The smallest absolute Gasteiger partial charge is 0.357 e. The van der Waals surface area contributed by atoms with Crippen molar-refractivity contribution >= 4 is 16.7 Å². The summed E-state index contributed by atoms with van der Waals surface area (Å²) in [5, 5.41) is 3.30. The van der Waals surface area contributed by atoms with Crippen LogP contribution < -0.4 is 5.32 Å². The number of alkyl halides is 3. The molecule has 0 aromatic carbocycles.